The van der Waals surface area contributed by atoms with Crippen LogP contribution in [0.3, 0.4) is 0 Å². The number of para-hydroxylation sites is 2. The number of hydrogen-bond donors (Lipinski definition) is 1. The maximum Gasteiger partial charge on any atom is 0.339 e. The number of carboxylic acids is 1. The van der Waals surface area contributed by atoms with Gasteiger partial charge in [0.2, 0.25) is 0 Å². The minimum Gasteiger partial charge on any atom is -0.489 e. The molecule has 0 saturated carbocycles. The Labute approximate surface area is 122 Å². The number of carbonyl (C=O) groups is 1. The Morgan fingerprint density at radius 1 is 1.29 bits per heavy atom. The molecule has 0 aliphatic carbocycles. The molecule has 4 heteroatoms. The Bertz CT molecular complexity index is 653. The fourth-order valence-electron chi connectivity index (χ4n) is 2.54. The van der Waals surface area contributed by atoms with E-state index >= 15 is 0 Å². The molecule has 2 aromatic carbocycles. The fraction of sp³-hybridized carbons (Fsp3) is 0.235. The van der Waals surface area contributed by atoms with Crippen molar-refractivity contribution < 1.29 is 19.4 Å². The third kappa shape index (κ3) is 2.70. The summed E-state index contributed by atoms with van der Waals surface area (Å²) in [7, 11) is 0. The van der Waals surface area contributed by atoms with Crippen LogP contribution in [0, 0.1) is 6.92 Å². The predicted octanol–water partition coefficient (Wildman–Crippen LogP) is 3.08. The molecule has 108 valence electrons. The van der Waals surface area contributed by atoms with E-state index < -0.39 is 5.97 Å². The molecule has 0 fully saturated rings. The highest BCUT2D eigenvalue weighted by Crippen LogP contribution is 2.29. The zero-order chi connectivity index (χ0) is 14.8. The fourth-order valence-corrected chi connectivity index (χ4v) is 2.54. The maximum atomic E-state index is 11.2. The summed E-state index contributed by atoms with van der Waals surface area (Å²) in [5.41, 5.74) is 2.16. The lowest BCUT2D eigenvalue weighted by Crippen LogP contribution is -2.23. The van der Waals surface area contributed by atoms with Crippen molar-refractivity contribution in [1.29, 1.82) is 0 Å². The van der Waals surface area contributed by atoms with Crippen LogP contribution in [0.2, 0.25) is 0 Å². The second-order valence-corrected chi connectivity index (χ2v) is 5.12. The topological polar surface area (TPSA) is 55.8 Å². The van der Waals surface area contributed by atoms with Crippen LogP contribution in [0.1, 0.15) is 21.5 Å². The van der Waals surface area contributed by atoms with Crippen LogP contribution in [0.25, 0.3) is 0 Å². The number of carboxylic acid groups (broad SMARTS) is 1. The van der Waals surface area contributed by atoms with Crippen molar-refractivity contribution in [3.63, 3.8) is 0 Å². The lowest BCUT2D eigenvalue weighted by atomic mass is 10.1. The van der Waals surface area contributed by atoms with Crippen molar-refractivity contribution in [2.45, 2.75) is 19.4 Å². The van der Waals surface area contributed by atoms with Crippen molar-refractivity contribution in [3.8, 4) is 11.5 Å². The molecule has 2 aromatic rings. The third-order valence-electron chi connectivity index (χ3n) is 3.57. The number of ether oxygens (including phenoxy) is 2. The van der Waals surface area contributed by atoms with Gasteiger partial charge in [0.25, 0.3) is 0 Å². The molecule has 0 spiro atoms. The standard InChI is InChI=1S/C17H16O4/c1-11-5-4-7-14(17(18)19)16(11)20-10-13-9-12-6-2-3-8-15(12)21-13/h2-8,13H,9-10H2,1H3,(H,18,19). The van der Waals surface area contributed by atoms with Gasteiger partial charge in [0.1, 0.15) is 29.8 Å². The molecule has 21 heavy (non-hydrogen) atoms. The first-order valence-electron chi connectivity index (χ1n) is 6.85. The van der Waals surface area contributed by atoms with Crippen LogP contribution in [0.4, 0.5) is 0 Å². The van der Waals surface area contributed by atoms with Gasteiger partial charge in [0.05, 0.1) is 0 Å². The third-order valence-corrected chi connectivity index (χ3v) is 3.57. The molecule has 3 rings (SSSR count). The van der Waals surface area contributed by atoms with E-state index in [1.165, 1.54) is 0 Å². The van der Waals surface area contributed by atoms with Gasteiger partial charge in [-0.1, -0.05) is 30.3 Å². The largest absolute Gasteiger partial charge is 0.489 e. The number of aryl methyl sites for hydroxylation is 1. The van der Waals surface area contributed by atoms with E-state index in [1.54, 1.807) is 12.1 Å². The van der Waals surface area contributed by atoms with Crippen molar-refractivity contribution in [2.24, 2.45) is 0 Å². The van der Waals surface area contributed by atoms with E-state index in [9.17, 15) is 9.90 Å². The van der Waals surface area contributed by atoms with Crippen molar-refractivity contribution in [1.82, 2.24) is 0 Å². The van der Waals surface area contributed by atoms with E-state index in [0.29, 0.717) is 12.4 Å². The first kappa shape index (κ1) is 13.5. The lowest BCUT2D eigenvalue weighted by Gasteiger charge is -2.15. The maximum absolute atomic E-state index is 11.2. The first-order valence-corrected chi connectivity index (χ1v) is 6.85. The Hall–Kier alpha value is -2.49. The molecular formula is C17H16O4. The molecule has 0 amide bonds. The Balaban J connectivity index is 1.71. The Morgan fingerprint density at radius 3 is 2.86 bits per heavy atom. The summed E-state index contributed by atoms with van der Waals surface area (Å²) in [5.74, 6) is 0.322. The van der Waals surface area contributed by atoms with E-state index in [4.69, 9.17) is 9.47 Å². The van der Waals surface area contributed by atoms with Crippen molar-refractivity contribution in [2.75, 3.05) is 6.61 Å². The van der Waals surface area contributed by atoms with Crippen LogP contribution in [-0.4, -0.2) is 23.8 Å². The summed E-state index contributed by atoms with van der Waals surface area (Å²) in [6.45, 7) is 2.17. The first-order chi connectivity index (χ1) is 10.1. The monoisotopic (exact) mass is 284 g/mol. The summed E-state index contributed by atoms with van der Waals surface area (Å²) in [5, 5.41) is 9.21. The van der Waals surface area contributed by atoms with Crippen LogP contribution in [0.5, 0.6) is 11.5 Å². The highest BCUT2D eigenvalue weighted by atomic mass is 16.5. The highest BCUT2D eigenvalue weighted by Gasteiger charge is 2.24. The molecule has 0 aromatic heterocycles. The van der Waals surface area contributed by atoms with Crippen molar-refractivity contribution in [3.05, 3.63) is 59.2 Å². The van der Waals surface area contributed by atoms with E-state index in [0.717, 1.165) is 23.3 Å². The molecule has 1 unspecified atom stereocenters. The zero-order valence-electron chi connectivity index (χ0n) is 11.7. The lowest BCUT2D eigenvalue weighted by molar-refractivity contribution is 0.0688. The van der Waals surface area contributed by atoms with Crippen LogP contribution < -0.4 is 9.47 Å². The highest BCUT2D eigenvalue weighted by molar-refractivity contribution is 5.91. The van der Waals surface area contributed by atoms with Gasteiger partial charge in [-0.2, -0.15) is 0 Å². The number of aromatic carboxylic acids is 1. The van der Waals surface area contributed by atoms with Gasteiger partial charge in [0, 0.05) is 6.42 Å². The molecule has 0 radical (unpaired) electrons. The zero-order valence-corrected chi connectivity index (χ0v) is 11.7. The van der Waals surface area contributed by atoms with Gasteiger partial charge in [-0.15, -0.1) is 0 Å². The average molecular weight is 284 g/mol. The molecule has 0 saturated heterocycles. The molecule has 4 nitrogen and oxygen atoms in total. The number of benzene rings is 2. The van der Waals surface area contributed by atoms with Gasteiger partial charge in [-0.25, -0.2) is 4.79 Å². The molecule has 0 bridgehead atoms. The smallest absolute Gasteiger partial charge is 0.339 e. The predicted molar refractivity (Wildman–Crippen MR) is 78.2 cm³/mol. The van der Waals surface area contributed by atoms with Gasteiger partial charge in [0.15, 0.2) is 0 Å². The average Bonchev–Trinajstić information content (AvgIpc) is 2.88. The second-order valence-electron chi connectivity index (χ2n) is 5.12. The minimum atomic E-state index is -0.982. The summed E-state index contributed by atoms with van der Waals surface area (Å²) >= 11 is 0. The molecule has 1 aliphatic heterocycles. The summed E-state index contributed by atoms with van der Waals surface area (Å²) in [4.78, 5) is 11.2. The van der Waals surface area contributed by atoms with Crippen LogP contribution in [0.15, 0.2) is 42.5 Å². The van der Waals surface area contributed by atoms with Gasteiger partial charge >= 0.3 is 5.97 Å². The van der Waals surface area contributed by atoms with E-state index in [-0.39, 0.29) is 11.7 Å². The number of hydrogen-bond acceptors (Lipinski definition) is 3. The SMILES string of the molecule is Cc1cccc(C(=O)O)c1OCC1Cc2ccccc2O1. The molecule has 1 atom stereocenters. The minimum absolute atomic E-state index is 0.0800. The Kier molecular flexibility index (Phi) is 3.52. The summed E-state index contributed by atoms with van der Waals surface area (Å²) in [6, 6.07) is 13.0. The normalized spacial score (nSPS) is 16.1. The molecule has 1 N–H and O–H groups in total. The Morgan fingerprint density at radius 2 is 2.10 bits per heavy atom. The quantitative estimate of drug-likeness (QED) is 0.937. The van der Waals surface area contributed by atoms with Crippen LogP contribution >= 0.6 is 0 Å². The summed E-state index contributed by atoms with van der Waals surface area (Å²) in [6.07, 6.45) is 0.702. The van der Waals surface area contributed by atoms with E-state index in [2.05, 4.69) is 0 Å². The summed E-state index contributed by atoms with van der Waals surface area (Å²) < 4.78 is 11.5. The molecular weight excluding hydrogens is 268 g/mol. The number of fused-ring (bicyclic) bond motifs is 1. The van der Waals surface area contributed by atoms with Gasteiger partial charge in [-0.05, 0) is 30.2 Å². The van der Waals surface area contributed by atoms with Crippen LogP contribution in [-0.2, 0) is 6.42 Å². The van der Waals surface area contributed by atoms with Crippen molar-refractivity contribution >= 4 is 5.97 Å². The molecule has 1 aliphatic rings. The van der Waals surface area contributed by atoms with Gasteiger partial charge in [-0.3, -0.25) is 0 Å². The van der Waals surface area contributed by atoms with E-state index in [1.807, 2.05) is 37.3 Å². The second kappa shape index (κ2) is 5.48. The number of rotatable bonds is 4. The van der Waals surface area contributed by atoms with Gasteiger partial charge < -0.3 is 14.6 Å². The molecule has 1 heterocycles.